The molecule has 0 amide bonds. The molecule has 3 unspecified atom stereocenters. The van der Waals surface area contributed by atoms with E-state index in [0.717, 1.165) is 0 Å². The molecule has 5 nitrogen and oxygen atoms in total. The summed E-state index contributed by atoms with van der Waals surface area (Å²) in [5.74, 6) is -0.529. The highest BCUT2D eigenvalue weighted by Gasteiger charge is 2.32. The highest BCUT2D eigenvalue weighted by Crippen LogP contribution is 2.26. The van der Waals surface area contributed by atoms with Crippen LogP contribution in [0.5, 0.6) is 0 Å². The molecule has 0 N–H and O–H groups in total. The van der Waals surface area contributed by atoms with Gasteiger partial charge in [0, 0.05) is 5.92 Å². The second-order valence-electron chi connectivity index (χ2n) is 7.37. The highest BCUT2D eigenvalue weighted by molar-refractivity contribution is 7.86. The summed E-state index contributed by atoms with van der Waals surface area (Å²) in [7, 11) is -3.90. The Hall–Kier alpha value is -2.18. The number of carbonyl (C=O) groups is 1. The Morgan fingerprint density at radius 2 is 1.43 bits per heavy atom. The van der Waals surface area contributed by atoms with E-state index in [1.807, 2.05) is 26.8 Å². The Bertz CT molecular complexity index is 847. The van der Waals surface area contributed by atoms with Crippen molar-refractivity contribution in [2.75, 3.05) is 0 Å². The van der Waals surface area contributed by atoms with Gasteiger partial charge in [-0.2, -0.15) is 8.42 Å². The van der Waals surface area contributed by atoms with Crippen molar-refractivity contribution in [3.63, 3.8) is 0 Å². The molecule has 0 aliphatic carbocycles. The molecule has 2 aromatic carbocycles. The quantitative estimate of drug-likeness (QED) is 0.448. The topological polar surface area (TPSA) is 69.7 Å². The first kappa shape index (κ1) is 22.1. The van der Waals surface area contributed by atoms with E-state index in [4.69, 9.17) is 8.92 Å². The largest absolute Gasteiger partial charge is 0.459 e. The molecule has 0 saturated carbocycles. The summed E-state index contributed by atoms with van der Waals surface area (Å²) in [4.78, 5) is 12.4. The SMILES string of the molecule is CC(C)CC(OS(=O)(=O)c1ccccc1)C(C)C(C)OC(=O)c1ccccc1. The average molecular weight is 405 g/mol. The second-order valence-corrected chi connectivity index (χ2v) is 8.94. The number of hydrogen-bond acceptors (Lipinski definition) is 5. The maximum absolute atomic E-state index is 12.7. The lowest BCUT2D eigenvalue weighted by atomic mass is 9.92. The molecule has 152 valence electrons. The Labute approximate surface area is 167 Å². The van der Waals surface area contributed by atoms with Gasteiger partial charge in [0.15, 0.2) is 0 Å². The van der Waals surface area contributed by atoms with Crippen LogP contribution in [-0.4, -0.2) is 26.6 Å². The van der Waals surface area contributed by atoms with Gasteiger partial charge in [-0.25, -0.2) is 4.79 Å². The van der Waals surface area contributed by atoms with E-state index in [1.54, 1.807) is 49.4 Å². The lowest BCUT2D eigenvalue weighted by Gasteiger charge is -2.29. The van der Waals surface area contributed by atoms with Crippen LogP contribution in [0.25, 0.3) is 0 Å². The van der Waals surface area contributed by atoms with Crippen molar-refractivity contribution in [3.8, 4) is 0 Å². The van der Waals surface area contributed by atoms with Crippen molar-refractivity contribution in [1.29, 1.82) is 0 Å². The zero-order valence-electron chi connectivity index (χ0n) is 16.7. The van der Waals surface area contributed by atoms with Crippen molar-refractivity contribution in [2.24, 2.45) is 11.8 Å². The maximum atomic E-state index is 12.7. The molecule has 0 aromatic heterocycles. The van der Waals surface area contributed by atoms with Crippen molar-refractivity contribution in [2.45, 2.75) is 51.2 Å². The van der Waals surface area contributed by atoms with Crippen molar-refractivity contribution in [3.05, 3.63) is 66.2 Å². The summed E-state index contributed by atoms with van der Waals surface area (Å²) in [5, 5.41) is 0. The van der Waals surface area contributed by atoms with E-state index >= 15 is 0 Å². The van der Waals surface area contributed by atoms with E-state index in [9.17, 15) is 13.2 Å². The predicted octanol–water partition coefficient (Wildman–Crippen LogP) is 4.69. The lowest BCUT2D eigenvalue weighted by molar-refractivity contribution is -0.00280. The average Bonchev–Trinajstić information content (AvgIpc) is 2.67. The number of hydrogen-bond donors (Lipinski definition) is 0. The van der Waals surface area contributed by atoms with Gasteiger partial charge in [-0.05, 0) is 43.5 Å². The molecule has 6 heteroatoms. The molecule has 3 atom stereocenters. The molecule has 2 rings (SSSR count). The van der Waals surface area contributed by atoms with Crippen LogP contribution in [0.15, 0.2) is 65.6 Å². The van der Waals surface area contributed by atoms with Crippen LogP contribution < -0.4 is 0 Å². The Morgan fingerprint density at radius 1 is 0.893 bits per heavy atom. The van der Waals surface area contributed by atoms with Gasteiger partial charge in [-0.15, -0.1) is 0 Å². The molecular weight excluding hydrogens is 376 g/mol. The van der Waals surface area contributed by atoms with Crippen LogP contribution in [0, 0.1) is 11.8 Å². The molecule has 0 aliphatic rings. The van der Waals surface area contributed by atoms with Gasteiger partial charge < -0.3 is 4.74 Å². The summed E-state index contributed by atoms with van der Waals surface area (Å²) in [6.07, 6.45) is -0.591. The first-order chi connectivity index (χ1) is 13.2. The molecule has 0 spiro atoms. The molecule has 0 radical (unpaired) electrons. The third-order valence-corrected chi connectivity index (χ3v) is 5.97. The van der Waals surface area contributed by atoms with Crippen LogP contribution in [-0.2, 0) is 19.0 Å². The van der Waals surface area contributed by atoms with E-state index in [1.165, 1.54) is 12.1 Å². The first-order valence-corrected chi connectivity index (χ1v) is 10.9. The summed E-state index contributed by atoms with van der Waals surface area (Å²) in [6.45, 7) is 7.60. The Balaban J connectivity index is 2.14. The molecule has 0 aliphatic heterocycles. The normalized spacial score (nSPS) is 15.0. The van der Waals surface area contributed by atoms with Gasteiger partial charge in [0.05, 0.1) is 16.6 Å². The lowest BCUT2D eigenvalue weighted by Crippen LogP contribution is -2.35. The number of rotatable bonds is 9. The van der Waals surface area contributed by atoms with E-state index in [0.29, 0.717) is 12.0 Å². The first-order valence-electron chi connectivity index (χ1n) is 9.45. The van der Waals surface area contributed by atoms with Gasteiger partial charge in [-0.3, -0.25) is 4.18 Å². The van der Waals surface area contributed by atoms with Gasteiger partial charge in [0.2, 0.25) is 0 Å². The monoisotopic (exact) mass is 404 g/mol. The Kier molecular flexibility index (Phi) is 7.78. The number of ether oxygens (including phenoxy) is 1. The summed E-state index contributed by atoms with van der Waals surface area (Å²) < 4.78 is 36.5. The van der Waals surface area contributed by atoms with Gasteiger partial charge >= 0.3 is 5.97 Å². The van der Waals surface area contributed by atoms with Crippen LogP contribution in [0.1, 0.15) is 44.5 Å². The number of benzene rings is 2. The number of carbonyl (C=O) groups excluding carboxylic acids is 1. The minimum Gasteiger partial charge on any atom is -0.459 e. The molecule has 28 heavy (non-hydrogen) atoms. The molecule has 0 heterocycles. The van der Waals surface area contributed by atoms with Crippen molar-refractivity contribution < 1.29 is 22.1 Å². The minimum atomic E-state index is -3.90. The van der Waals surface area contributed by atoms with Crippen molar-refractivity contribution in [1.82, 2.24) is 0 Å². The van der Waals surface area contributed by atoms with E-state index in [-0.39, 0.29) is 16.7 Å². The Morgan fingerprint density at radius 3 is 1.96 bits per heavy atom. The second kappa shape index (κ2) is 9.85. The molecule has 0 bridgehead atoms. The van der Waals surface area contributed by atoms with Crippen LogP contribution >= 0.6 is 0 Å². The molecule has 0 fully saturated rings. The van der Waals surface area contributed by atoms with Gasteiger partial charge in [-0.1, -0.05) is 57.2 Å². The van der Waals surface area contributed by atoms with Crippen LogP contribution in [0.4, 0.5) is 0 Å². The molecule has 0 saturated heterocycles. The zero-order chi connectivity index (χ0) is 20.7. The van der Waals surface area contributed by atoms with E-state index in [2.05, 4.69) is 0 Å². The molecule has 2 aromatic rings. The van der Waals surface area contributed by atoms with Gasteiger partial charge in [0.25, 0.3) is 10.1 Å². The van der Waals surface area contributed by atoms with E-state index < -0.39 is 28.3 Å². The van der Waals surface area contributed by atoms with Gasteiger partial charge in [0.1, 0.15) is 6.10 Å². The summed E-state index contributed by atoms with van der Waals surface area (Å²) in [6, 6.07) is 16.8. The predicted molar refractivity (Wildman–Crippen MR) is 108 cm³/mol. The minimum absolute atomic E-state index is 0.116. The zero-order valence-corrected chi connectivity index (χ0v) is 17.6. The fourth-order valence-electron chi connectivity index (χ4n) is 2.83. The molecular formula is C22H28O5S. The highest BCUT2D eigenvalue weighted by atomic mass is 32.2. The number of esters is 1. The van der Waals surface area contributed by atoms with Crippen LogP contribution in [0.3, 0.4) is 0 Å². The standard InChI is InChI=1S/C22H28O5S/c1-16(2)15-21(27-28(24,25)20-13-9-6-10-14-20)17(3)18(4)26-22(23)19-11-7-5-8-12-19/h5-14,16-18,21H,15H2,1-4H3. The smallest absolute Gasteiger partial charge is 0.338 e. The third-order valence-electron chi connectivity index (χ3n) is 4.62. The fraction of sp³-hybridized carbons (Fsp3) is 0.409. The fourth-order valence-corrected chi connectivity index (χ4v) is 4.01. The van der Waals surface area contributed by atoms with Crippen molar-refractivity contribution >= 4 is 16.1 Å². The third kappa shape index (κ3) is 6.17. The summed E-state index contributed by atoms with van der Waals surface area (Å²) >= 11 is 0. The van der Waals surface area contributed by atoms with Crippen LogP contribution in [0.2, 0.25) is 0 Å². The maximum Gasteiger partial charge on any atom is 0.338 e. The summed E-state index contributed by atoms with van der Waals surface area (Å²) in [5.41, 5.74) is 0.458.